The first-order chi connectivity index (χ1) is 9.20. The minimum Gasteiger partial charge on any atom is -0.370 e. The highest BCUT2D eigenvalue weighted by Crippen LogP contribution is 2.29. The third kappa shape index (κ3) is 3.90. The Morgan fingerprint density at radius 2 is 2.00 bits per heavy atom. The van der Waals surface area contributed by atoms with Crippen molar-refractivity contribution in [2.24, 2.45) is 5.92 Å². The molecule has 1 aliphatic carbocycles. The summed E-state index contributed by atoms with van der Waals surface area (Å²) in [6, 6.07) is 7.86. The van der Waals surface area contributed by atoms with E-state index in [2.05, 4.69) is 6.92 Å². The molecular formula is C17H24O2. The van der Waals surface area contributed by atoms with Gasteiger partial charge in [0, 0.05) is 12.2 Å². The molecule has 1 aliphatic rings. The second-order valence-electron chi connectivity index (χ2n) is 5.51. The standard InChI is InChI=1S/C17H24O2/c1-3-14-7-9-16(10-8-14)17(18)13(2)19-12-11-15-5-4-6-15/h7-10,13,15H,3-6,11-12H2,1-2H3. The molecule has 0 saturated heterocycles. The van der Waals surface area contributed by atoms with Crippen molar-refractivity contribution in [2.75, 3.05) is 6.61 Å². The number of hydrogen-bond acceptors (Lipinski definition) is 2. The van der Waals surface area contributed by atoms with Crippen molar-refractivity contribution >= 4 is 5.78 Å². The van der Waals surface area contributed by atoms with Gasteiger partial charge in [-0.2, -0.15) is 0 Å². The van der Waals surface area contributed by atoms with Crippen molar-refractivity contribution in [1.29, 1.82) is 0 Å². The van der Waals surface area contributed by atoms with Crippen LogP contribution in [-0.4, -0.2) is 18.5 Å². The molecule has 0 amide bonds. The Kier molecular flexibility index (Phi) is 5.15. The van der Waals surface area contributed by atoms with Gasteiger partial charge in [0.25, 0.3) is 0 Å². The van der Waals surface area contributed by atoms with Gasteiger partial charge in [0.1, 0.15) is 6.10 Å². The molecule has 0 aliphatic heterocycles. The van der Waals surface area contributed by atoms with E-state index in [1.54, 1.807) is 0 Å². The second-order valence-corrected chi connectivity index (χ2v) is 5.51. The highest BCUT2D eigenvalue weighted by Gasteiger charge is 2.19. The van der Waals surface area contributed by atoms with Gasteiger partial charge in [-0.15, -0.1) is 0 Å². The number of hydrogen-bond donors (Lipinski definition) is 0. The largest absolute Gasteiger partial charge is 0.370 e. The Morgan fingerprint density at radius 3 is 2.53 bits per heavy atom. The third-order valence-electron chi connectivity index (χ3n) is 4.13. The Hall–Kier alpha value is -1.15. The molecule has 1 atom stereocenters. The number of ether oxygens (including phenoxy) is 1. The molecule has 0 radical (unpaired) electrons. The Labute approximate surface area is 116 Å². The van der Waals surface area contributed by atoms with Gasteiger partial charge in [-0.05, 0) is 31.2 Å². The molecule has 0 bridgehead atoms. The van der Waals surface area contributed by atoms with Crippen LogP contribution >= 0.6 is 0 Å². The number of Topliss-reactive ketones (excluding diaryl/α,β-unsaturated/α-hetero) is 1. The Morgan fingerprint density at radius 1 is 1.32 bits per heavy atom. The molecule has 0 heterocycles. The van der Waals surface area contributed by atoms with E-state index < -0.39 is 0 Å². The van der Waals surface area contributed by atoms with Gasteiger partial charge < -0.3 is 4.74 Å². The number of aryl methyl sites for hydroxylation is 1. The van der Waals surface area contributed by atoms with E-state index in [0.717, 1.165) is 24.3 Å². The smallest absolute Gasteiger partial charge is 0.191 e. The maximum atomic E-state index is 12.2. The molecule has 2 nitrogen and oxygen atoms in total. The van der Waals surface area contributed by atoms with E-state index in [1.807, 2.05) is 31.2 Å². The summed E-state index contributed by atoms with van der Waals surface area (Å²) in [7, 11) is 0. The summed E-state index contributed by atoms with van der Waals surface area (Å²) in [5.74, 6) is 0.933. The summed E-state index contributed by atoms with van der Waals surface area (Å²) in [4.78, 5) is 12.2. The second kappa shape index (κ2) is 6.85. The number of carbonyl (C=O) groups excluding carboxylic acids is 1. The average Bonchev–Trinajstić information content (AvgIpc) is 2.40. The molecule has 1 saturated carbocycles. The summed E-state index contributed by atoms with van der Waals surface area (Å²) < 4.78 is 5.67. The first kappa shape index (κ1) is 14.3. The van der Waals surface area contributed by atoms with Crippen LogP contribution in [0.2, 0.25) is 0 Å². The van der Waals surface area contributed by atoms with E-state index in [4.69, 9.17) is 4.74 Å². The minimum atomic E-state index is -0.326. The van der Waals surface area contributed by atoms with E-state index in [-0.39, 0.29) is 11.9 Å². The zero-order chi connectivity index (χ0) is 13.7. The van der Waals surface area contributed by atoms with Crippen molar-refractivity contribution in [3.63, 3.8) is 0 Å². The number of ketones is 1. The van der Waals surface area contributed by atoms with E-state index in [9.17, 15) is 4.79 Å². The highest BCUT2D eigenvalue weighted by atomic mass is 16.5. The molecule has 19 heavy (non-hydrogen) atoms. The van der Waals surface area contributed by atoms with Crippen LogP contribution in [-0.2, 0) is 11.2 Å². The summed E-state index contributed by atoms with van der Waals surface area (Å²) in [5, 5.41) is 0. The molecule has 0 spiro atoms. The van der Waals surface area contributed by atoms with E-state index in [1.165, 1.54) is 24.8 Å². The van der Waals surface area contributed by atoms with Crippen molar-refractivity contribution < 1.29 is 9.53 Å². The van der Waals surface area contributed by atoms with Crippen LogP contribution in [0.4, 0.5) is 0 Å². The summed E-state index contributed by atoms with van der Waals surface area (Å²) in [5.41, 5.74) is 2.02. The molecule has 104 valence electrons. The van der Waals surface area contributed by atoms with Gasteiger partial charge in [-0.25, -0.2) is 0 Å². The zero-order valence-electron chi connectivity index (χ0n) is 12.0. The van der Waals surface area contributed by atoms with Crippen molar-refractivity contribution in [1.82, 2.24) is 0 Å². The molecule has 2 rings (SSSR count). The predicted molar refractivity (Wildman–Crippen MR) is 77.5 cm³/mol. The fourth-order valence-corrected chi connectivity index (χ4v) is 2.41. The van der Waals surface area contributed by atoms with Gasteiger partial charge in [-0.1, -0.05) is 50.5 Å². The maximum absolute atomic E-state index is 12.2. The minimum absolute atomic E-state index is 0.0938. The van der Waals surface area contributed by atoms with Crippen molar-refractivity contribution in [3.8, 4) is 0 Å². The summed E-state index contributed by atoms with van der Waals surface area (Å²) in [6.07, 6.45) is 5.82. The number of rotatable bonds is 7. The summed E-state index contributed by atoms with van der Waals surface area (Å²) in [6.45, 7) is 4.68. The zero-order valence-corrected chi connectivity index (χ0v) is 12.0. The van der Waals surface area contributed by atoms with Crippen LogP contribution in [0.15, 0.2) is 24.3 Å². The SMILES string of the molecule is CCc1ccc(C(=O)C(C)OCCC2CCC2)cc1. The lowest BCUT2D eigenvalue weighted by Gasteiger charge is -2.25. The predicted octanol–water partition coefficient (Wildman–Crippen LogP) is 4.03. The van der Waals surface area contributed by atoms with Crippen LogP contribution in [0.5, 0.6) is 0 Å². The maximum Gasteiger partial charge on any atom is 0.191 e. The fraction of sp³-hybridized carbons (Fsp3) is 0.588. The molecule has 2 heteroatoms. The first-order valence-electron chi connectivity index (χ1n) is 7.45. The lowest BCUT2D eigenvalue weighted by molar-refractivity contribution is 0.0395. The first-order valence-corrected chi connectivity index (χ1v) is 7.45. The van der Waals surface area contributed by atoms with Gasteiger partial charge in [0.05, 0.1) is 0 Å². The van der Waals surface area contributed by atoms with Crippen molar-refractivity contribution in [2.45, 2.75) is 52.1 Å². The Bertz CT molecular complexity index is 404. The van der Waals surface area contributed by atoms with Crippen LogP contribution in [0.3, 0.4) is 0 Å². The molecule has 1 aromatic rings. The topological polar surface area (TPSA) is 26.3 Å². The molecule has 1 aromatic carbocycles. The number of benzene rings is 1. The average molecular weight is 260 g/mol. The van der Waals surface area contributed by atoms with E-state index >= 15 is 0 Å². The Balaban J connectivity index is 1.79. The lowest BCUT2D eigenvalue weighted by atomic mass is 9.83. The fourth-order valence-electron chi connectivity index (χ4n) is 2.41. The molecule has 0 aromatic heterocycles. The molecular weight excluding hydrogens is 236 g/mol. The van der Waals surface area contributed by atoms with Crippen molar-refractivity contribution in [3.05, 3.63) is 35.4 Å². The van der Waals surface area contributed by atoms with E-state index in [0.29, 0.717) is 6.61 Å². The van der Waals surface area contributed by atoms with Crippen LogP contribution in [0.1, 0.15) is 55.5 Å². The summed E-state index contributed by atoms with van der Waals surface area (Å²) >= 11 is 0. The monoisotopic (exact) mass is 260 g/mol. The van der Waals surface area contributed by atoms with Crippen LogP contribution < -0.4 is 0 Å². The molecule has 1 fully saturated rings. The normalized spacial score (nSPS) is 16.9. The van der Waals surface area contributed by atoms with Gasteiger partial charge >= 0.3 is 0 Å². The lowest BCUT2D eigenvalue weighted by Crippen LogP contribution is -2.23. The highest BCUT2D eigenvalue weighted by molar-refractivity contribution is 5.99. The third-order valence-corrected chi connectivity index (χ3v) is 4.13. The molecule has 1 unspecified atom stereocenters. The quantitative estimate of drug-likeness (QED) is 0.692. The van der Waals surface area contributed by atoms with Gasteiger partial charge in [0.2, 0.25) is 0 Å². The number of carbonyl (C=O) groups is 1. The van der Waals surface area contributed by atoms with Gasteiger partial charge in [0.15, 0.2) is 5.78 Å². The van der Waals surface area contributed by atoms with Crippen LogP contribution in [0.25, 0.3) is 0 Å². The van der Waals surface area contributed by atoms with Crippen LogP contribution in [0, 0.1) is 5.92 Å². The van der Waals surface area contributed by atoms with Gasteiger partial charge in [-0.3, -0.25) is 4.79 Å². The molecule has 0 N–H and O–H groups in total.